The molecule has 1 heterocycles. The molecule has 3 N–H and O–H groups in total. The van der Waals surface area contributed by atoms with Crippen LogP contribution < -0.4 is 16.0 Å². The van der Waals surface area contributed by atoms with Gasteiger partial charge < -0.3 is 16.0 Å². The second kappa shape index (κ2) is 12.5. The number of rotatable bonds is 7. The predicted molar refractivity (Wildman–Crippen MR) is 116 cm³/mol. The van der Waals surface area contributed by atoms with Gasteiger partial charge in [0.05, 0.1) is 22.8 Å². The molecular formula is C18H23ClIN5O. The summed E-state index contributed by atoms with van der Waals surface area (Å²) in [6.07, 6.45) is 1.75. The summed E-state index contributed by atoms with van der Waals surface area (Å²) in [5, 5.41) is 9.61. The molecule has 0 saturated carbocycles. The number of halogens is 2. The molecule has 2 rings (SSSR count). The number of hydrogen-bond acceptors (Lipinski definition) is 3. The standard InChI is InChI=1S/C18H22ClN5O.HI/c1-2-20-18(24-13-14-7-5-6-10-21-14)23-12-11-22-17(25)15-8-3-4-9-16(15)19;/h3-10H,2,11-13H2,1H3,(H,22,25)(H2,20,23,24);1H. The average Bonchev–Trinajstić information content (AvgIpc) is 2.64. The smallest absolute Gasteiger partial charge is 0.252 e. The van der Waals surface area contributed by atoms with Crippen LogP contribution in [0.4, 0.5) is 0 Å². The quantitative estimate of drug-likeness (QED) is 0.243. The van der Waals surface area contributed by atoms with E-state index in [0.29, 0.717) is 36.2 Å². The van der Waals surface area contributed by atoms with E-state index in [0.717, 1.165) is 12.2 Å². The zero-order valence-corrected chi connectivity index (χ0v) is 17.6. The molecule has 1 aromatic carbocycles. The molecule has 6 nitrogen and oxygen atoms in total. The average molecular weight is 488 g/mol. The molecule has 140 valence electrons. The highest BCUT2D eigenvalue weighted by molar-refractivity contribution is 14.0. The lowest BCUT2D eigenvalue weighted by atomic mass is 10.2. The van der Waals surface area contributed by atoms with E-state index in [9.17, 15) is 4.79 Å². The first-order chi connectivity index (χ1) is 12.2. The lowest BCUT2D eigenvalue weighted by molar-refractivity contribution is 0.0954. The van der Waals surface area contributed by atoms with Gasteiger partial charge in [-0.2, -0.15) is 0 Å². The summed E-state index contributed by atoms with van der Waals surface area (Å²) in [5.41, 5.74) is 1.37. The fourth-order valence-electron chi connectivity index (χ4n) is 2.09. The highest BCUT2D eigenvalue weighted by Gasteiger charge is 2.08. The fourth-order valence-corrected chi connectivity index (χ4v) is 2.31. The SMILES string of the molecule is CCNC(=NCc1ccccn1)NCCNC(=O)c1ccccc1Cl.I. The normalized spacial score (nSPS) is 10.6. The van der Waals surface area contributed by atoms with E-state index in [1.165, 1.54) is 0 Å². The van der Waals surface area contributed by atoms with Gasteiger partial charge in [0.25, 0.3) is 5.91 Å². The van der Waals surface area contributed by atoms with E-state index in [1.54, 1.807) is 30.5 Å². The molecule has 0 aliphatic heterocycles. The number of aliphatic imine (C=N–C) groups is 1. The third-order valence-corrected chi connectivity index (χ3v) is 3.62. The van der Waals surface area contributed by atoms with Crippen molar-refractivity contribution in [3.05, 3.63) is 64.9 Å². The fraction of sp³-hybridized carbons (Fsp3) is 0.278. The molecule has 0 spiro atoms. The number of nitrogens with one attached hydrogen (secondary N) is 3. The Morgan fingerprint density at radius 3 is 2.50 bits per heavy atom. The second-order valence-electron chi connectivity index (χ2n) is 5.18. The molecule has 0 aliphatic carbocycles. The Morgan fingerprint density at radius 1 is 1.08 bits per heavy atom. The van der Waals surface area contributed by atoms with Crippen molar-refractivity contribution in [3.8, 4) is 0 Å². The maximum atomic E-state index is 12.1. The molecule has 1 amide bonds. The number of carbonyl (C=O) groups is 1. The molecule has 8 heteroatoms. The van der Waals surface area contributed by atoms with Crippen molar-refractivity contribution in [2.75, 3.05) is 19.6 Å². The molecule has 0 unspecified atom stereocenters. The molecule has 0 atom stereocenters. The number of aromatic nitrogens is 1. The lowest BCUT2D eigenvalue weighted by Crippen LogP contribution is -2.41. The number of guanidine groups is 1. The van der Waals surface area contributed by atoms with Gasteiger partial charge in [-0.05, 0) is 31.2 Å². The summed E-state index contributed by atoms with van der Waals surface area (Å²) in [4.78, 5) is 20.8. The van der Waals surface area contributed by atoms with Crippen LogP contribution in [0.25, 0.3) is 0 Å². The zero-order valence-electron chi connectivity index (χ0n) is 14.5. The summed E-state index contributed by atoms with van der Waals surface area (Å²) in [5.74, 6) is 0.489. The van der Waals surface area contributed by atoms with E-state index in [-0.39, 0.29) is 29.9 Å². The molecule has 0 radical (unpaired) electrons. The molecule has 0 saturated heterocycles. The van der Waals surface area contributed by atoms with E-state index >= 15 is 0 Å². The Bertz CT molecular complexity index is 712. The van der Waals surface area contributed by atoms with Crippen molar-refractivity contribution in [1.82, 2.24) is 20.9 Å². The number of pyridine rings is 1. The van der Waals surface area contributed by atoms with Crippen LogP contribution in [0, 0.1) is 0 Å². The van der Waals surface area contributed by atoms with Crippen LogP contribution >= 0.6 is 35.6 Å². The van der Waals surface area contributed by atoms with E-state index in [1.807, 2.05) is 25.1 Å². The van der Waals surface area contributed by atoms with E-state index < -0.39 is 0 Å². The van der Waals surface area contributed by atoms with Crippen molar-refractivity contribution in [3.63, 3.8) is 0 Å². The van der Waals surface area contributed by atoms with Gasteiger partial charge in [-0.3, -0.25) is 9.78 Å². The molecule has 0 bridgehead atoms. The van der Waals surface area contributed by atoms with Crippen molar-refractivity contribution in [1.29, 1.82) is 0 Å². The van der Waals surface area contributed by atoms with Crippen molar-refractivity contribution in [2.24, 2.45) is 4.99 Å². The van der Waals surface area contributed by atoms with Gasteiger partial charge in [0.2, 0.25) is 0 Å². The van der Waals surface area contributed by atoms with Crippen LogP contribution in [0.2, 0.25) is 5.02 Å². The van der Waals surface area contributed by atoms with Crippen molar-refractivity contribution >= 4 is 47.4 Å². The summed E-state index contributed by atoms with van der Waals surface area (Å²) >= 11 is 6.01. The van der Waals surface area contributed by atoms with Crippen LogP contribution in [0.5, 0.6) is 0 Å². The summed E-state index contributed by atoms with van der Waals surface area (Å²) in [7, 11) is 0. The van der Waals surface area contributed by atoms with Crippen LogP contribution in [-0.4, -0.2) is 36.5 Å². The minimum absolute atomic E-state index is 0. The molecule has 0 fully saturated rings. The Morgan fingerprint density at radius 2 is 1.81 bits per heavy atom. The Hall–Kier alpha value is -1.87. The summed E-state index contributed by atoms with van der Waals surface area (Å²) in [6.45, 7) is 4.24. The first-order valence-corrected chi connectivity index (χ1v) is 8.53. The third kappa shape index (κ3) is 7.57. The van der Waals surface area contributed by atoms with Gasteiger partial charge in [-0.15, -0.1) is 24.0 Å². The largest absolute Gasteiger partial charge is 0.357 e. The molecular weight excluding hydrogens is 465 g/mol. The summed E-state index contributed by atoms with van der Waals surface area (Å²) in [6, 6.07) is 12.7. The van der Waals surface area contributed by atoms with Crippen LogP contribution in [0.15, 0.2) is 53.7 Å². The monoisotopic (exact) mass is 487 g/mol. The van der Waals surface area contributed by atoms with Gasteiger partial charge in [0.1, 0.15) is 0 Å². The Balaban J connectivity index is 0.00000338. The van der Waals surface area contributed by atoms with Crippen molar-refractivity contribution < 1.29 is 4.79 Å². The number of nitrogens with zero attached hydrogens (tertiary/aromatic N) is 2. The Kier molecular flexibility index (Phi) is 10.6. The minimum Gasteiger partial charge on any atom is -0.357 e. The van der Waals surface area contributed by atoms with Crippen molar-refractivity contribution in [2.45, 2.75) is 13.5 Å². The second-order valence-corrected chi connectivity index (χ2v) is 5.59. The lowest BCUT2D eigenvalue weighted by Gasteiger charge is -2.12. The van der Waals surface area contributed by atoms with Crippen LogP contribution in [0.3, 0.4) is 0 Å². The van der Waals surface area contributed by atoms with E-state index in [2.05, 4.69) is 25.9 Å². The van der Waals surface area contributed by atoms with Gasteiger partial charge >= 0.3 is 0 Å². The topological polar surface area (TPSA) is 78.4 Å². The number of carbonyl (C=O) groups excluding carboxylic acids is 1. The van der Waals surface area contributed by atoms with E-state index in [4.69, 9.17) is 11.6 Å². The number of benzene rings is 1. The van der Waals surface area contributed by atoms with Gasteiger partial charge in [0.15, 0.2) is 5.96 Å². The number of amides is 1. The predicted octanol–water partition coefficient (Wildman–Crippen LogP) is 2.84. The van der Waals surface area contributed by atoms with Gasteiger partial charge in [0, 0.05) is 25.8 Å². The van der Waals surface area contributed by atoms with Crippen LogP contribution in [0.1, 0.15) is 23.0 Å². The molecule has 26 heavy (non-hydrogen) atoms. The zero-order chi connectivity index (χ0) is 17.9. The first-order valence-electron chi connectivity index (χ1n) is 8.15. The van der Waals surface area contributed by atoms with Gasteiger partial charge in [-0.1, -0.05) is 29.8 Å². The highest BCUT2D eigenvalue weighted by atomic mass is 127. The third-order valence-electron chi connectivity index (χ3n) is 3.29. The molecule has 0 aliphatic rings. The summed E-state index contributed by atoms with van der Waals surface area (Å²) < 4.78 is 0. The Labute approximate surface area is 175 Å². The minimum atomic E-state index is -0.192. The van der Waals surface area contributed by atoms with Gasteiger partial charge in [-0.25, -0.2) is 4.99 Å². The molecule has 2 aromatic rings. The maximum Gasteiger partial charge on any atom is 0.252 e. The first kappa shape index (κ1) is 22.2. The van der Waals surface area contributed by atoms with Crippen LogP contribution in [-0.2, 0) is 6.54 Å². The molecule has 1 aromatic heterocycles. The highest BCUT2D eigenvalue weighted by Crippen LogP contribution is 2.14. The number of hydrogen-bond donors (Lipinski definition) is 3. The maximum absolute atomic E-state index is 12.1.